The first kappa shape index (κ1) is 15.6. The third kappa shape index (κ3) is 4.38. The molecule has 1 aromatic carbocycles. The fourth-order valence-corrected chi connectivity index (χ4v) is 3.71. The summed E-state index contributed by atoms with van der Waals surface area (Å²) in [5.74, 6) is 1.01. The lowest BCUT2D eigenvalue weighted by molar-refractivity contribution is 0.617. The Labute approximate surface area is 126 Å². The van der Waals surface area contributed by atoms with Crippen LogP contribution in [0.25, 0.3) is 0 Å². The number of anilines is 1. The van der Waals surface area contributed by atoms with Crippen molar-refractivity contribution in [1.82, 2.24) is 5.32 Å². The van der Waals surface area contributed by atoms with E-state index in [9.17, 15) is 4.39 Å². The summed E-state index contributed by atoms with van der Waals surface area (Å²) in [5, 5.41) is 4.01. The lowest BCUT2D eigenvalue weighted by atomic mass is 10.1. The molecule has 0 aliphatic carbocycles. The van der Waals surface area contributed by atoms with Gasteiger partial charge in [-0.2, -0.15) is 11.8 Å². The van der Waals surface area contributed by atoms with Gasteiger partial charge in [0.2, 0.25) is 0 Å². The molecule has 1 atom stereocenters. The van der Waals surface area contributed by atoms with Crippen LogP contribution in [-0.4, -0.2) is 30.6 Å². The highest BCUT2D eigenvalue weighted by Crippen LogP contribution is 2.27. The zero-order valence-corrected chi connectivity index (χ0v) is 13.3. The maximum absolute atomic E-state index is 13.8. The van der Waals surface area contributed by atoms with Gasteiger partial charge in [-0.05, 0) is 43.1 Å². The maximum Gasteiger partial charge on any atom is 0.125 e. The first-order chi connectivity index (χ1) is 9.72. The van der Waals surface area contributed by atoms with E-state index in [4.69, 9.17) is 0 Å². The van der Waals surface area contributed by atoms with Crippen molar-refractivity contribution in [2.75, 3.05) is 30.3 Å². The molecule has 1 aliphatic rings. The van der Waals surface area contributed by atoms with Crippen molar-refractivity contribution in [3.8, 4) is 0 Å². The van der Waals surface area contributed by atoms with Gasteiger partial charge in [0.05, 0.1) is 0 Å². The molecule has 1 saturated heterocycles. The van der Waals surface area contributed by atoms with E-state index in [2.05, 4.69) is 30.1 Å². The largest absolute Gasteiger partial charge is 0.370 e. The van der Waals surface area contributed by atoms with E-state index in [-0.39, 0.29) is 5.82 Å². The number of nitrogens with zero attached hydrogens (tertiary/aromatic N) is 1. The highest BCUT2D eigenvalue weighted by Gasteiger charge is 2.19. The lowest BCUT2D eigenvalue weighted by Gasteiger charge is -2.34. The van der Waals surface area contributed by atoms with Crippen LogP contribution in [0.4, 0.5) is 10.1 Å². The van der Waals surface area contributed by atoms with E-state index in [0.717, 1.165) is 49.6 Å². The SMILES string of the molecule is CCCNCc1cc(F)cc(N2CCSC(CC)C2)c1. The van der Waals surface area contributed by atoms with Gasteiger partial charge in [0.1, 0.15) is 5.82 Å². The van der Waals surface area contributed by atoms with Crippen LogP contribution in [0.3, 0.4) is 0 Å². The number of hydrogen-bond donors (Lipinski definition) is 1. The molecule has 0 spiro atoms. The molecule has 4 heteroatoms. The fourth-order valence-electron chi connectivity index (χ4n) is 2.53. The Balaban J connectivity index is 2.06. The van der Waals surface area contributed by atoms with Gasteiger partial charge in [-0.3, -0.25) is 0 Å². The molecule has 2 nitrogen and oxygen atoms in total. The standard InChI is InChI=1S/C16H25FN2S/c1-3-5-18-11-13-8-14(17)10-15(9-13)19-6-7-20-16(4-2)12-19/h8-10,16,18H,3-7,11-12H2,1-2H3. The number of nitrogens with one attached hydrogen (secondary N) is 1. The van der Waals surface area contributed by atoms with E-state index in [1.165, 1.54) is 6.42 Å². The van der Waals surface area contributed by atoms with Gasteiger partial charge in [-0.15, -0.1) is 0 Å². The molecule has 1 fully saturated rings. The molecule has 0 aromatic heterocycles. The van der Waals surface area contributed by atoms with Crippen LogP contribution in [-0.2, 0) is 6.54 Å². The molecule has 0 saturated carbocycles. The second kappa shape index (κ2) is 7.89. The fraction of sp³-hybridized carbons (Fsp3) is 0.625. The highest BCUT2D eigenvalue weighted by atomic mass is 32.2. The molecule has 112 valence electrons. The van der Waals surface area contributed by atoms with Crippen LogP contribution in [0.2, 0.25) is 0 Å². The van der Waals surface area contributed by atoms with Crippen molar-refractivity contribution in [2.45, 2.75) is 38.5 Å². The van der Waals surface area contributed by atoms with Gasteiger partial charge < -0.3 is 10.2 Å². The summed E-state index contributed by atoms with van der Waals surface area (Å²) in [7, 11) is 0. The Morgan fingerprint density at radius 3 is 2.95 bits per heavy atom. The number of benzene rings is 1. The molecule has 2 rings (SSSR count). The van der Waals surface area contributed by atoms with Gasteiger partial charge in [-0.25, -0.2) is 4.39 Å². The second-order valence-corrected chi connectivity index (χ2v) is 6.75. The topological polar surface area (TPSA) is 15.3 Å². The molecule has 1 N–H and O–H groups in total. The molecular formula is C16H25FN2S. The van der Waals surface area contributed by atoms with E-state index >= 15 is 0 Å². The van der Waals surface area contributed by atoms with Gasteiger partial charge in [-0.1, -0.05) is 13.8 Å². The molecule has 0 radical (unpaired) electrons. The molecule has 1 heterocycles. The summed E-state index contributed by atoms with van der Waals surface area (Å²) < 4.78 is 13.8. The van der Waals surface area contributed by atoms with Crippen molar-refractivity contribution >= 4 is 17.4 Å². The lowest BCUT2D eigenvalue weighted by Crippen LogP contribution is -2.37. The number of thioether (sulfide) groups is 1. The molecule has 0 bridgehead atoms. The maximum atomic E-state index is 13.8. The summed E-state index contributed by atoms with van der Waals surface area (Å²) >= 11 is 2.04. The predicted molar refractivity (Wildman–Crippen MR) is 87.1 cm³/mol. The van der Waals surface area contributed by atoms with Crippen LogP contribution in [0, 0.1) is 5.82 Å². The van der Waals surface area contributed by atoms with Crippen LogP contribution >= 0.6 is 11.8 Å². The van der Waals surface area contributed by atoms with E-state index in [0.29, 0.717) is 5.25 Å². The molecule has 1 aliphatic heterocycles. The summed E-state index contributed by atoms with van der Waals surface area (Å²) in [5.41, 5.74) is 2.08. The average molecular weight is 296 g/mol. The Bertz CT molecular complexity index is 425. The molecule has 0 amide bonds. The normalized spacial score (nSPS) is 19.4. The Morgan fingerprint density at radius 2 is 2.20 bits per heavy atom. The van der Waals surface area contributed by atoms with Gasteiger partial charge in [0, 0.05) is 36.3 Å². The van der Waals surface area contributed by atoms with Crippen LogP contribution in [0.1, 0.15) is 32.3 Å². The van der Waals surface area contributed by atoms with Gasteiger partial charge in [0.25, 0.3) is 0 Å². The van der Waals surface area contributed by atoms with Crippen LogP contribution in [0.15, 0.2) is 18.2 Å². The Morgan fingerprint density at radius 1 is 1.35 bits per heavy atom. The third-order valence-electron chi connectivity index (χ3n) is 3.66. The zero-order chi connectivity index (χ0) is 14.4. The molecule has 20 heavy (non-hydrogen) atoms. The monoisotopic (exact) mass is 296 g/mol. The number of rotatable bonds is 6. The minimum absolute atomic E-state index is 0.123. The van der Waals surface area contributed by atoms with Crippen LogP contribution in [0.5, 0.6) is 0 Å². The van der Waals surface area contributed by atoms with Crippen molar-refractivity contribution < 1.29 is 4.39 Å². The number of hydrogen-bond acceptors (Lipinski definition) is 3. The summed E-state index contributed by atoms with van der Waals surface area (Å²) in [6, 6.07) is 5.45. The third-order valence-corrected chi connectivity index (χ3v) is 5.03. The minimum atomic E-state index is -0.123. The van der Waals surface area contributed by atoms with E-state index < -0.39 is 0 Å². The van der Waals surface area contributed by atoms with Crippen molar-refractivity contribution in [1.29, 1.82) is 0 Å². The summed E-state index contributed by atoms with van der Waals surface area (Å²) in [6.45, 7) is 8.15. The van der Waals surface area contributed by atoms with Crippen molar-refractivity contribution in [2.24, 2.45) is 0 Å². The summed E-state index contributed by atoms with van der Waals surface area (Å²) in [4.78, 5) is 2.33. The Hall–Kier alpha value is -0.740. The smallest absolute Gasteiger partial charge is 0.125 e. The summed E-state index contributed by atoms with van der Waals surface area (Å²) in [6.07, 6.45) is 2.28. The average Bonchev–Trinajstić information content (AvgIpc) is 2.47. The first-order valence-corrected chi connectivity index (χ1v) is 8.64. The first-order valence-electron chi connectivity index (χ1n) is 7.59. The molecule has 1 aromatic rings. The van der Waals surface area contributed by atoms with Crippen LogP contribution < -0.4 is 10.2 Å². The Kier molecular flexibility index (Phi) is 6.17. The zero-order valence-electron chi connectivity index (χ0n) is 12.5. The van der Waals surface area contributed by atoms with E-state index in [1.54, 1.807) is 12.1 Å². The highest BCUT2D eigenvalue weighted by molar-refractivity contribution is 8.00. The van der Waals surface area contributed by atoms with E-state index in [1.807, 2.05) is 11.8 Å². The van der Waals surface area contributed by atoms with Gasteiger partial charge in [0.15, 0.2) is 0 Å². The molecule has 1 unspecified atom stereocenters. The number of halogens is 1. The van der Waals surface area contributed by atoms with Gasteiger partial charge >= 0.3 is 0 Å². The quantitative estimate of drug-likeness (QED) is 0.807. The molecular weight excluding hydrogens is 271 g/mol. The van der Waals surface area contributed by atoms with Crippen molar-refractivity contribution in [3.63, 3.8) is 0 Å². The van der Waals surface area contributed by atoms with Crippen molar-refractivity contribution in [3.05, 3.63) is 29.6 Å². The second-order valence-electron chi connectivity index (χ2n) is 5.34. The minimum Gasteiger partial charge on any atom is -0.370 e. The predicted octanol–water partition coefficient (Wildman–Crippen LogP) is 3.66.